The fraction of sp³-hybridized carbons (Fsp3) is 0.0909. The van der Waals surface area contributed by atoms with Gasteiger partial charge in [0.1, 0.15) is 12.7 Å². The number of rotatable bonds is 2. The van der Waals surface area contributed by atoms with E-state index in [0.717, 1.165) is 11.6 Å². The van der Waals surface area contributed by atoms with Crippen molar-refractivity contribution in [3.8, 4) is 0 Å². The lowest BCUT2D eigenvalue weighted by atomic mass is 10.2. The van der Waals surface area contributed by atoms with E-state index in [9.17, 15) is 0 Å². The fourth-order valence-electron chi connectivity index (χ4n) is 1.26. The molecule has 0 unspecified atom stereocenters. The summed E-state index contributed by atoms with van der Waals surface area (Å²) in [4.78, 5) is 4.04. The Bertz CT molecular complexity index is 401. The van der Waals surface area contributed by atoms with Gasteiger partial charge in [0.15, 0.2) is 0 Å². The summed E-state index contributed by atoms with van der Waals surface area (Å²) in [6, 6.07) is 9.74. The molecule has 0 N–H and O–H groups in total. The van der Waals surface area contributed by atoms with Gasteiger partial charge in [-0.05, 0) is 17.7 Å². The average molecular weight is 241 g/mol. The minimum absolute atomic E-state index is 0. The molecule has 1 aromatic carbocycles. The third kappa shape index (κ3) is 3.50. The molecule has 78 valence electrons. The summed E-state index contributed by atoms with van der Waals surface area (Å²) in [6.07, 6.45) is 5.55. The van der Waals surface area contributed by atoms with Gasteiger partial charge in [-0.25, -0.2) is 4.57 Å². The largest absolute Gasteiger partial charge is 1.00 e. The second-order valence-electron chi connectivity index (χ2n) is 3.05. The molecule has 15 heavy (non-hydrogen) atoms. The molecule has 0 aliphatic carbocycles. The molecule has 4 heteroatoms. The van der Waals surface area contributed by atoms with Crippen molar-refractivity contribution >= 4 is 11.6 Å². The van der Waals surface area contributed by atoms with Crippen molar-refractivity contribution in [3.63, 3.8) is 0 Å². The Balaban J connectivity index is 0.00000112. The molecule has 0 radical (unpaired) electrons. The highest BCUT2D eigenvalue weighted by Crippen LogP contribution is 2.08. The molecule has 1 aromatic heterocycles. The maximum atomic E-state index is 5.80. The summed E-state index contributed by atoms with van der Waals surface area (Å²) in [7, 11) is 0. The van der Waals surface area contributed by atoms with Gasteiger partial charge >= 0.3 is 0 Å². The number of hydrogen-bond acceptors (Lipinski definition) is 1. The van der Waals surface area contributed by atoms with E-state index in [1.807, 2.05) is 41.1 Å². The Morgan fingerprint density at radius 1 is 1.20 bits per heavy atom. The Labute approximate surface area is 100.0 Å². The molecule has 2 aromatic rings. The van der Waals surface area contributed by atoms with Crippen molar-refractivity contribution in [1.82, 2.24) is 4.98 Å². The highest BCUT2D eigenvalue weighted by molar-refractivity contribution is 6.30. The molecule has 0 amide bonds. The molecule has 0 aliphatic heterocycles. The SMILES string of the molecule is Clc1ccc(C[n+]2cccnc2)cc1.[Cl-]. The van der Waals surface area contributed by atoms with Gasteiger partial charge in [0.25, 0.3) is 6.33 Å². The first kappa shape index (κ1) is 12.0. The molecule has 0 atom stereocenters. The number of hydrogen-bond donors (Lipinski definition) is 0. The minimum Gasteiger partial charge on any atom is -1.00 e. The van der Waals surface area contributed by atoms with Crippen LogP contribution in [0.2, 0.25) is 5.02 Å². The van der Waals surface area contributed by atoms with Crippen LogP contribution < -0.4 is 17.0 Å². The molecule has 2 nitrogen and oxygen atoms in total. The normalized spacial score (nSPS) is 9.40. The third-order valence-corrected chi connectivity index (χ3v) is 2.20. The summed E-state index contributed by atoms with van der Waals surface area (Å²) < 4.78 is 2.02. The van der Waals surface area contributed by atoms with E-state index in [-0.39, 0.29) is 12.4 Å². The van der Waals surface area contributed by atoms with Crippen molar-refractivity contribution in [1.29, 1.82) is 0 Å². The van der Waals surface area contributed by atoms with Gasteiger partial charge in [-0.1, -0.05) is 28.7 Å². The molecule has 0 fully saturated rings. The first-order valence-electron chi connectivity index (χ1n) is 4.38. The first-order valence-corrected chi connectivity index (χ1v) is 4.76. The Morgan fingerprint density at radius 3 is 2.53 bits per heavy atom. The second-order valence-corrected chi connectivity index (χ2v) is 3.49. The quantitative estimate of drug-likeness (QED) is 0.621. The van der Waals surface area contributed by atoms with Crippen LogP contribution in [0.15, 0.2) is 49.1 Å². The topological polar surface area (TPSA) is 16.8 Å². The van der Waals surface area contributed by atoms with Crippen LogP contribution in [0, 0.1) is 0 Å². The van der Waals surface area contributed by atoms with Crippen LogP contribution in [0.25, 0.3) is 0 Å². The van der Waals surface area contributed by atoms with Crippen LogP contribution in [0.1, 0.15) is 5.56 Å². The van der Waals surface area contributed by atoms with Crippen LogP contribution in [0.5, 0.6) is 0 Å². The summed E-state index contributed by atoms with van der Waals surface area (Å²) >= 11 is 5.80. The predicted octanol–water partition coefficient (Wildman–Crippen LogP) is -0.925. The Kier molecular flexibility index (Phi) is 4.53. The number of nitrogens with zero attached hydrogens (tertiary/aromatic N) is 2. The van der Waals surface area contributed by atoms with Crippen LogP contribution >= 0.6 is 11.6 Å². The van der Waals surface area contributed by atoms with Gasteiger partial charge in [-0.3, -0.25) is 0 Å². The molecule has 0 bridgehead atoms. The van der Waals surface area contributed by atoms with Crippen molar-refractivity contribution in [2.75, 3.05) is 0 Å². The van der Waals surface area contributed by atoms with Crippen molar-refractivity contribution in [2.45, 2.75) is 6.54 Å². The van der Waals surface area contributed by atoms with E-state index in [1.54, 1.807) is 12.5 Å². The van der Waals surface area contributed by atoms with E-state index >= 15 is 0 Å². The monoisotopic (exact) mass is 240 g/mol. The molecule has 0 saturated carbocycles. The average Bonchev–Trinajstić information content (AvgIpc) is 2.23. The second kappa shape index (κ2) is 5.69. The van der Waals surface area contributed by atoms with Gasteiger partial charge < -0.3 is 12.4 Å². The third-order valence-electron chi connectivity index (χ3n) is 1.94. The smallest absolute Gasteiger partial charge is 0.286 e. The van der Waals surface area contributed by atoms with Crippen LogP contribution in [-0.4, -0.2) is 4.98 Å². The summed E-state index contributed by atoms with van der Waals surface area (Å²) in [5.74, 6) is 0. The van der Waals surface area contributed by atoms with E-state index in [4.69, 9.17) is 11.6 Å². The maximum Gasteiger partial charge on any atom is 0.286 e. The van der Waals surface area contributed by atoms with Gasteiger partial charge in [-0.2, -0.15) is 0 Å². The molecule has 0 spiro atoms. The molecule has 0 saturated heterocycles. The predicted molar refractivity (Wildman–Crippen MR) is 55.0 cm³/mol. The zero-order valence-corrected chi connectivity index (χ0v) is 9.49. The lowest BCUT2D eigenvalue weighted by Crippen LogP contribution is -3.00. The van der Waals surface area contributed by atoms with Crippen LogP contribution in [0.4, 0.5) is 0 Å². The van der Waals surface area contributed by atoms with Crippen molar-refractivity contribution in [2.24, 2.45) is 0 Å². The molecule has 1 heterocycles. The molecular formula is C11H10Cl2N2. The zero-order chi connectivity index (χ0) is 9.80. The number of benzene rings is 1. The highest BCUT2D eigenvalue weighted by atomic mass is 35.5. The van der Waals surface area contributed by atoms with Crippen LogP contribution in [0.3, 0.4) is 0 Å². The molecule has 0 aliphatic rings. The fourth-order valence-corrected chi connectivity index (χ4v) is 1.38. The van der Waals surface area contributed by atoms with Crippen LogP contribution in [-0.2, 0) is 6.54 Å². The summed E-state index contributed by atoms with van der Waals surface area (Å²) in [5, 5.41) is 0.768. The van der Waals surface area contributed by atoms with E-state index in [1.165, 1.54) is 5.56 Å². The van der Waals surface area contributed by atoms with E-state index in [2.05, 4.69) is 4.98 Å². The highest BCUT2D eigenvalue weighted by Gasteiger charge is 1.98. The number of aromatic nitrogens is 2. The van der Waals surface area contributed by atoms with Gasteiger partial charge in [0.05, 0.1) is 6.20 Å². The van der Waals surface area contributed by atoms with Crippen molar-refractivity contribution in [3.05, 3.63) is 59.6 Å². The van der Waals surface area contributed by atoms with E-state index in [0.29, 0.717) is 0 Å². The van der Waals surface area contributed by atoms with Gasteiger partial charge in [0, 0.05) is 11.1 Å². The maximum absolute atomic E-state index is 5.80. The lowest BCUT2D eigenvalue weighted by Gasteiger charge is -1.98. The summed E-state index contributed by atoms with van der Waals surface area (Å²) in [6.45, 7) is 0.824. The van der Waals surface area contributed by atoms with Crippen molar-refractivity contribution < 1.29 is 17.0 Å². The van der Waals surface area contributed by atoms with Gasteiger partial charge in [-0.15, -0.1) is 0 Å². The first-order chi connectivity index (χ1) is 6.84. The molecular weight excluding hydrogens is 231 g/mol. The summed E-state index contributed by atoms with van der Waals surface area (Å²) in [5.41, 5.74) is 1.22. The number of halogens is 2. The Hall–Kier alpha value is -1.12. The van der Waals surface area contributed by atoms with E-state index < -0.39 is 0 Å². The van der Waals surface area contributed by atoms with Gasteiger partial charge in [0.2, 0.25) is 0 Å². The lowest BCUT2D eigenvalue weighted by molar-refractivity contribution is -0.691. The minimum atomic E-state index is 0. The molecule has 2 rings (SSSR count). The standard InChI is InChI=1S/C11H10ClN2.ClH/c12-11-4-2-10(3-5-11)8-14-7-1-6-13-9-14;/h1-7,9H,8H2;1H/q+1;/p-1. The Morgan fingerprint density at radius 2 is 1.93 bits per heavy atom. The zero-order valence-electron chi connectivity index (χ0n) is 7.98.